The van der Waals surface area contributed by atoms with E-state index in [2.05, 4.69) is 109 Å². The van der Waals surface area contributed by atoms with E-state index in [1.165, 1.54) is 5.56 Å². The van der Waals surface area contributed by atoms with Gasteiger partial charge in [-0.3, -0.25) is 4.98 Å². The highest BCUT2D eigenvalue weighted by molar-refractivity contribution is 5.84. The van der Waals surface area contributed by atoms with Crippen LogP contribution in [0.2, 0.25) is 0 Å². The molecule has 11 rings (SSSR count). The first-order valence-corrected chi connectivity index (χ1v) is 20.4. The van der Waals surface area contributed by atoms with Gasteiger partial charge in [0.15, 0.2) is 23.3 Å². The summed E-state index contributed by atoms with van der Waals surface area (Å²) in [6.45, 7) is 0. The Labute approximate surface area is 354 Å². The summed E-state index contributed by atoms with van der Waals surface area (Å²) < 4.78 is 0. The summed E-state index contributed by atoms with van der Waals surface area (Å²) in [6.07, 6.45) is 1.88. The quantitative estimate of drug-likeness (QED) is 0.153. The highest BCUT2D eigenvalue weighted by Gasteiger charge is 2.46. The molecule has 0 spiro atoms. The van der Waals surface area contributed by atoms with Crippen LogP contribution >= 0.6 is 0 Å². The molecule has 3 heterocycles. The summed E-state index contributed by atoms with van der Waals surface area (Å²) in [4.78, 5) is 30.2. The predicted octanol–water partition coefficient (Wildman–Crippen LogP) is 12.4. The topological polar surface area (TPSA) is 77.3 Å². The Morgan fingerprint density at radius 3 is 1.15 bits per heavy atom. The van der Waals surface area contributed by atoms with Gasteiger partial charge in [-0.1, -0.05) is 200 Å². The minimum absolute atomic E-state index is 0.610. The van der Waals surface area contributed by atoms with Crippen LogP contribution in [0.1, 0.15) is 22.3 Å². The first-order chi connectivity index (χ1) is 30.2. The molecule has 0 radical (unpaired) electrons. The van der Waals surface area contributed by atoms with Gasteiger partial charge in [0, 0.05) is 45.1 Å². The monoisotopic (exact) mass is 780 g/mol. The fourth-order valence-electron chi connectivity index (χ4n) is 8.64. The zero-order valence-electron chi connectivity index (χ0n) is 33.0. The summed E-state index contributed by atoms with van der Waals surface area (Å²) in [6, 6.07) is 73.2. The number of aromatic nitrogens is 6. The van der Waals surface area contributed by atoms with Crippen molar-refractivity contribution in [2.24, 2.45) is 0 Å². The first kappa shape index (κ1) is 35.9. The Bertz CT molecular complexity index is 2820. The third-order valence-electron chi connectivity index (χ3n) is 11.5. The van der Waals surface area contributed by atoms with Crippen molar-refractivity contribution in [1.82, 2.24) is 29.9 Å². The Morgan fingerprint density at radius 1 is 0.295 bits per heavy atom. The third kappa shape index (κ3) is 6.38. The number of nitrogens with zero attached hydrogens (tertiary/aromatic N) is 6. The van der Waals surface area contributed by atoms with E-state index >= 15 is 0 Å². The summed E-state index contributed by atoms with van der Waals surface area (Å²) in [7, 11) is 0. The highest BCUT2D eigenvalue weighted by atomic mass is 15.0. The van der Waals surface area contributed by atoms with E-state index in [1.807, 2.05) is 109 Å². The number of hydrogen-bond donors (Lipinski definition) is 0. The van der Waals surface area contributed by atoms with Crippen LogP contribution in [0, 0.1) is 0 Å². The molecule has 286 valence electrons. The van der Waals surface area contributed by atoms with E-state index in [-0.39, 0.29) is 0 Å². The van der Waals surface area contributed by atoms with Gasteiger partial charge in [-0.25, -0.2) is 24.9 Å². The van der Waals surface area contributed by atoms with Crippen LogP contribution in [0.4, 0.5) is 0 Å². The maximum atomic E-state index is 5.13. The van der Waals surface area contributed by atoms with E-state index in [0.717, 1.165) is 72.7 Å². The van der Waals surface area contributed by atoms with Crippen LogP contribution in [0.15, 0.2) is 219 Å². The van der Waals surface area contributed by atoms with Crippen LogP contribution < -0.4 is 0 Å². The smallest absolute Gasteiger partial charge is 0.164 e. The van der Waals surface area contributed by atoms with Crippen molar-refractivity contribution in [3.63, 3.8) is 0 Å². The number of rotatable bonds is 8. The van der Waals surface area contributed by atoms with Crippen molar-refractivity contribution < 1.29 is 0 Å². The SMILES string of the molecule is c1ccc(-c2cc(-c3ccccc3)nc(-c3ccc(C4(c5ccc(-c6nc(-c7ccccc7)nc(-c7ccccc7)n6)cc5)c5ccccc5-c5ncccc54)cc3)n2)cc1. The predicted molar refractivity (Wildman–Crippen MR) is 243 cm³/mol. The van der Waals surface area contributed by atoms with Gasteiger partial charge in [-0.05, 0) is 34.4 Å². The molecule has 3 aromatic heterocycles. The van der Waals surface area contributed by atoms with E-state index in [9.17, 15) is 0 Å². The first-order valence-electron chi connectivity index (χ1n) is 20.4. The standard InChI is InChI=1S/C55H36N6/c1-5-16-37(17-6-1)48-36-49(38-18-7-2-8-19-38)58-51(57-48)41-27-31-43(32-28-41)55(46-25-14-13-24-45(46)50-47(55)26-15-35-56-50)44-33-29-42(30-34-44)54-60-52(39-20-9-3-10-21-39)59-53(61-54)40-22-11-4-12-23-40/h1-36H. The second kappa shape index (κ2) is 15.2. The molecule has 1 aliphatic rings. The van der Waals surface area contributed by atoms with Crippen LogP contribution in [0.5, 0.6) is 0 Å². The number of pyridine rings is 1. The maximum Gasteiger partial charge on any atom is 0.164 e. The molecule has 0 fully saturated rings. The molecule has 1 atom stereocenters. The number of hydrogen-bond acceptors (Lipinski definition) is 6. The second-order valence-electron chi connectivity index (χ2n) is 15.1. The third-order valence-corrected chi connectivity index (χ3v) is 11.5. The van der Waals surface area contributed by atoms with Gasteiger partial charge < -0.3 is 0 Å². The van der Waals surface area contributed by atoms with Gasteiger partial charge in [-0.2, -0.15) is 0 Å². The average Bonchev–Trinajstić information content (AvgIpc) is 3.66. The van der Waals surface area contributed by atoms with Gasteiger partial charge in [0.05, 0.1) is 22.5 Å². The fourth-order valence-corrected chi connectivity index (χ4v) is 8.64. The minimum atomic E-state index is -0.664. The molecule has 10 aromatic rings. The van der Waals surface area contributed by atoms with Crippen molar-refractivity contribution >= 4 is 0 Å². The Morgan fingerprint density at radius 2 is 0.672 bits per heavy atom. The van der Waals surface area contributed by atoms with Gasteiger partial charge in [-0.15, -0.1) is 0 Å². The molecule has 0 aliphatic heterocycles. The summed E-state index contributed by atoms with van der Waals surface area (Å²) in [5.74, 6) is 2.54. The molecule has 0 bridgehead atoms. The van der Waals surface area contributed by atoms with E-state index in [4.69, 9.17) is 29.9 Å². The van der Waals surface area contributed by atoms with Gasteiger partial charge in [0.2, 0.25) is 0 Å². The Balaban J connectivity index is 1.05. The molecule has 7 aromatic carbocycles. The molecule has 1 aliphatic carbocycles. The van der Waals surface area contributed by atoms with E-state index < -0.39 is 5.41 Å². The lowest BCUT2D eigenvalue weighted by atomic mass is 9.67. The number of benzene rings is 7. The molecule has 0 saturated carbocycles. The lowest BCUT2D eigenvalue weighted by Gasteiger charge is -2.33. The van der Waals surface area contributed by atoms with Crippen LogP contribution in [-0.4, -0.2) is 29.9 Å². The van der Waals surface area contributed by atoms with Crippen LogP contribution in [0.25, 0.3) is 79.3 Å². The van der Waals surface area contributed by atoms with Crippen molar-refractivity contribution in [1.29, 1.82) is 0 Å². The highest BCUT2D eigenvalue weighted by Crippen LogP contribution is 2.55. The van der Waals surface area contributed by atoms with E-state index in [1.54, 1.807) is 0 Å². The van der Waals surface area contributed by atoms with Gasteiger partial charge >= 0.3 is 0 Å². The molecule has 6 heteroatoms. The fraction of sp³-hybridized carbons (Fsp3) is 0.0182. The molecular weight excluding hydrogens is 745 g/mol. The molecule has 1 unspecified atom stereocenters. The molecule has 0 saturated heterocycles. The summed E-state index contributed by atoms with van der Waals surface area (Å²) >= 11 is 0. The zero-order valence-corrected chi connectivity index (χ0v) is 33.0. The second-order valence-corrected chi connectivity index (χ2v) is 15.1. The normalized spacial score (nSPS) is 14.0. The average molecular weight is 781 g/mol. The van der Waals surface area contributed by atoms with Crippen molar-refractivity contribution in [2.75, 3.05) is 0 Å². The Kier molecular flexibility index (Phi) is 8.94. The summed E-state index contributed by atoms with van der Waals surface area (Å²) in [5.41, 5.74) is 13.5. The molecular formula is C55H36N6. The summed E-state index contributed by atoms with van der Waals surface area (Å²) in [5, 5.41) is 0. The van der Waals surface area contributed by atoms with Gasteiger partial charge in [0.25, 0.3) is 0 Å². The Hall–Kier alpha value is -8.22. The number of fused-ring (bicyclic) bond motifs is 3. The maximum absolute atomic E-state index is 5.13. The van der Waals surface area contributed by atoms with Crippen molar-refractivity contribution in [2.45, 2.75) is 5.41 Å². The van der Waals surface area contributed by atoms with Crippen LogP contribution in [-0.2, 0) is 5.41 Å². The molecule has 6 nitrogen and oxygen atoms in total. The largest absolute Gasteiger partial charge is 0.256 e. The molecule has 0 amide bonds. The zero-order chi connectivity index (χ0) is 40.6. The van der Waals surface area contributed by atoms with Crippen LogP contribution in [0.3, 0.4) is 0 Å². The minimum Gasteiger partial charge on any atom is -0.256 e. The van der Waals surface area contributed by atoms with Crippen molar-refractivity contribution in [3.05, 3.63) is 241 Å². The van der Waals surface area contributed by atoms with Crippen molar-refractivity contribution in [3.8, 4) is 79.3 Å². The van der Waals surface area contributed by atoms with Gasteiger partial charge in [0.1, 0.15) is 0 Å². The lowest BCUT2D eigenvalue weighted by Crippen LogP contribution is -2.28. The lowest BCUT2D eigenvalue weighted by molar-refractivity contribution is 0.766. The molecule has 61 heavy (non-hydrogen) atoms. The van der Waals surface area contributed by atoms with E-state index in [0.29, 0.717) is 23.3 Å². The molecule has 0 N–H and O–H groups in total.